The van der Waals surface area contributed by atoms with Crippen LogP contribution in [-0.2, 0) is 5.41 Å². The van der Waals surface area contributed by atoms with Crippen molar-refractivity contribution in [1.82, 2.24) is 4.90 Å². The summed E-state index contributed by atoms with van der Waals surface area (Å²) in [6.45, 7) is 5.37. The number of hydrogen-bond acceptors (Lipinski definition) is 2. The van der Waals surface area contributed by atoms with E-state index in [0.717, 1.165) is 49.3 Å². The summed E-state index contributed by atoms with van der Waals surface area (Å²) in [6.07, 6.45) is 6.20. The molecule has 168 valence electrons. The van der Waals surface area contributed by atoms with E-state index in [0.29, 0.717) is 12.1 Å². The molecule has 1 saturated heterocycles. The quantitative estimate of drug-likeness (QED) is 0.509. The average molecular weight is 441 g/mol. The highest BCUT2D eigenvalue weighted by Crippen LogP contribution is 2.47. The lowest BCUT2D eigenvalue weighted by Gasteiger charge is -2.39. The van der Waals surface area contributed by atoms with Crippen molar-refractivity contribution < 1.29 is 9.18 Å². The molecule has 2 heterocycles. The summed E-state index contributed by atoms with van der Waals surface area (Å²) in [5, 5.41) is 0. The maximum absolute atomic E-state index is 14.3. The number of carbonyl (C=O) groups excluding carboxylic acids is 1. The Kier molecular flexibility index (Phi) is 5.86. The van der Waals surface area contributed by atoms with Gasteiger partial charge >= 0.3 is 0 Å². The zero-order valence-electron chi connectivity index (χ0n) is 19.0. The van der Waals surface area contributed by atoms with E-state index >= 15 is 0 Å². The Labute approximate surface area is 195 Å². The number of likely N-dealkylation sites (tertiary alicyclic amines) is 1. The number of amides is 1. The summed E-state index contributed by atoms with van der Waals surface area (Å²) in [5.41, 5.74) is 4.62. The molecule has 0 radical (unpaired) electrons. The highest BCUT2D eigenvalue weighted by Gasteiger charge is 2.46. The van der Waals surface area contributed by atoms with Crippen molar-refractivity contribution in [2.24, 2.45) is 0 Å². The minimum absolute atomic E-state index is 0.00310. The predicted molar refractivity (Wildman–Crippen MR) is 132 cm³/mol. The number of fused-ring (bicyclic) bond motifs is 2. The lowest BCUT2D eigenvalue weighted by atomic mass is 9.74. The Morgan fingerprint density at radius 2 is 1.79 bits per heavy atom. The second-order valence-corrected chi connectivity index (χ2v) is 9.32. The van der Waals surface area contributed by atoms with Gasteiger partial charge in [-0.3, -0.25) is 9.69 Å². The molecule has 2 aliphatic rings. The van der Waals surface area contributed by atoms with Crippen molar-refractivity contribution in [3.8, 4) is 0 Å². The van der Waals surface area contributed by atoms with Crippen LogP contribution in [0.4, 0.5) is 10.1 Å². The van der Waals surface area contributed by atoms with E-state index in [9.17, 15) is 9.18 Å². The molecule has 1 fully saturated rings. The van der Waals surface area contributed by atoms with Crippen LogP contribution in [0.2, 0.25) is 0 Å². The molecular formula is C29H29FN2O. The summed E-state index contributed by atoms with van der Waals surface area (Å²) in [7, 11) is 0. The fourth-order valence-electron chi connectivity index (χ4n) is 5.25. The number of benzene rings is 3. The first kappa shape index (κ1) is 21.6. The maximum Gasteiger partial charge on any atom is 0.258 e. The first-order valence-corrected chi connectivity index (χ1v) is 11.7. The number of carbonyl (C=O) groups is 1. The second kappa shape index (κ2) is 8.95. The van der Waals surface area contributed by atoms with Crippen molar-refractivity contribution >= 4 is 17.7 Å². The van der Waals surface area contributed by atoms with Crippen LogP contribution in [0, 0.1) is 12.7 Å². The van der Waals surface area contributed by atoms with Crippen molar-refractivity contribution in [1.29, 1.82) is 0 Å². The van der Waals surface area contributed by atoms with Gasteiger partial charge in [0.15, 0.2) is 0 Å². The van der Waals surface area contributed by atoms with Crippen molar-refractivity contribution in [2.75, 3.05) is 31.1 Å². The summed E-state index contributed by atoms with van der Waals surface area (Å²) in [4.78, 5) is 17.7. The van der Waals surface area contributed by atoms with Crippen molar-refractivity contribution in [2.45, 2.75) is 25.2 Å². The van der Waals surface area contributed by atoms with Gasteiger partial charge in [-0.2, -0.15) is 0 Å². The van der Waals surface area contributed by atoms with Crippen LogP contribution < -0.4 is 4.90 Å². The van der Waals surface area contributed by atoms with Gasteiger partial charge in [0, 0.05) is 29.8 Å². The van der Waals surface area contributed by atoms with Crippen LogP contribution in [0.1, 0.15) is 39.9 Å². The van der Waals surface area contributed by atoms with Crippen LogP contribution in [0.15, 0.2) is 78.9 Å². The number of rotatable bonds is 4. The molecule has 0 saturated carbocycles. The third kappa shape index (κ3) is 4.36. The van der Waals surface area contributed by atoms with E-state index in [4.69, 9.17) is 0 Å². The predicted octanol–water partition coefficient (Wildman–Crippen LogP) is 5.84. The summed E-state index contributed by atoms with van der Waals surface area (Å²) in [6, 6.07) is 22.9. The molecule has 0 bridgehead atoms. The fraction of sp³-hybridized carbons (Fsp3) is 0.276. The standard InChI is InChI=1S/C29H29FN2O/c1-22-7-5-11-24(19-22)28(33)32-21-29(26-20-25(30)12-13-27(26)32)14-17-31(18-15-29)16-6-10-23-8-3-2-4-9-23/h2-13,19-20H,14-18,21H2,1H3. The molecule has 33 heavy (non-hydrogen) atoms. The number of anilines is 1. The van der Waals surface area contributed by atoms with Gasteiger partial charge in [-0.1, -0.05) is 60.2 Å². The Morgan fingerprint density at radius 1 is 1.00 bits per heavy atom. The Balaban J connectivity index is 1.33. The van der Waals surface area contributed by atoms with Crippen LogP contribution in [0.5, 0.6) is 0 Å². The van der Waals surface area contributed by atoms with E-state index in [1.807, 2.05) is 54.3 Å². The molecule has 5 rings (SSSR count). The Bertz CT molecular complexity index is 1180. The smallest absolute Gasteiger partial charge is 0.258 e. The van der Waals surface area contributed by atoms with Gasteiger partial charge in [0.05, 0.1) is 0 Å². The molecule has 2 aliphatic heterocycles. The van der Waals surface area contributed by atoms with E-state index in [2.05, 4.69) is 29.2 Å². The van der Waals surface area contributed by atoms with E-state index in [1.54, 1.807) is 12.1 Å². The van der Waals surface area contributed by atoms with Crippen molar-refractivity contribution in [3.05, 3.63) is 107 Å². The van der Waals surface area contributed by atoms with Crippen LogP contribution in [0.25, 0.3) is 6.08 Å². The fourth-order valence-corrected chi connectivity index (χ4v) is 5.25. The minimum Gasteiger partial charge on any atom is -0.307 e. The van der Waals surface area contributed by atoms with Crippen molar-refractivity contribution in [3.63, 3.8) is 0 Å². The van der Waals surface area contributed by atoms with E-state index in [1.165, 1.54) is 11.6 Å². The third-order valence-corrected chi connectivity index (χ3v) is 7.08. The number of halogens is 1. The zero-order valence-corrected chi connectivity index (χ0v) is 19.0. The Morgan fingerprint density at radius 3 is 2.55 bits per heavy atom. The molecule has 3 nitrogen and oxygen atoms in total. The zero-order chi connectivity index (χ0) is 22.8. The monoisotopic (exact) mass is 440 g/mol. The summed E-state index contributed by atoms with van der Waals surface area (Å²) in [5.74, 6) is -0.233. The van der Waals surface area contributed by atoms with Gasteiger partial charge < -0.3 is 4.90 Å². The first-order valence-electron chi connectivity index (χ1n) is 11.7. The summed E-state index contributed by atoms with van der Waals surface area (Å²) < 4.78 is 14.3. The van der Waals surface area contributed by atoms with Crippen LogP contribution in [0.3, 0.4) is 0 Å². The van der Waals surface area contributed by atoms with Gasteiger partial charge in [-0.15, -0.1) is 0 Å². The molecule has 0 aromatic heterocycles. The number of nitrogens with zero attached hydrogens (tertiary/aromatic N) is 2. The third-order valence-electron chi connectivity index (χ3n) is 7.08. The average Bonchev–Trinajstić information content (AvgIpc) is 3.14. The molecule has 4 heteroatoms. The van der Waals surface area contributed by atoms with E-state index < -0.39 is 0 Å². The number of hydrogen-bond donors (Lipinski definition) is 0. The Hall–Kier alpha value is -3.24. The molecule has 3 aromatic rings. The molecule has 3 aromatic carbocycles. The topological polar surface area (TPSA) is 23.6 Å². The highest BCUT2D eigenvalue weighted by atomic mass is 19.1. The highest BCUT2D eigenvalue weighted by molar-refractivity contribution is 6.07. The first-order chi connectivity index (χ1) is 16.0. The number of piperidine rings is 1. The molecule has 1 spiro atoms. The molecule has 1 amide bonds. The van der Waals surface area contributed by atoms with Gasteiger partial charge in [0.1, 0.15) is 5.82 Å². The molecule has 0 unspecified atom stereocenters. The number of aryl methyl sites for hydroxylation is 1. The van der Waals surface area contributed by atoms with Crippen LogP contribution in [-0.4, -0.2) is 37.0 Å². The summed E-state index contributed by atoms with van der Waals surface area (Å²) >= 11 is 0. The van der Waals surface area contributed by atoms with E-state index in [-0.39, 0.29) is 17.1 Å². The SMILES string of the molecule is Cc1cccc(C(=O)N2CC3(CCN(CC=Cc4ccccc4)CC3)c3cc(F)ccc32)c1. The van der Waals surface area contributed by atoms with Crippen LogP contribution >= 0.6 is 0 Å². The largest absolute Gasteiger partial charge is 0.307 e. The lowest BCUT2D eigenvalue weighted by molar-refractivity contribution is 0.0977. The van der Waals surface area contributed by atoms with Gasteiger partial charge in [-0.05, 0) is 74.3 Å². The molecule has 0 N–H and O–H groups in total. The van der Waals surface area contributed by atoms with Gasteiger partial charge in [0.25, 0.3) is 5.91 Å². The second-order valence-electron chi connectivity index (χ2n) is 9.32. The normalized spacial score (nSPS) is 17.6. The molecule has 0 aliphatic carbocycles. The van der Waals surface area contributed by atoms with Gasteiger partial charge in [-0.25, -0.2) is 4.39 Å². The lowest BCUT2D eigenvalue weighted by Crippen LogP contribution is -2.46. The molecular weight excluding hydrogens is 411 g/mol. The maximum atomic E-state index is 14.3. The van der Waals surface area contributed by atoms with Gasteiger partial charge in [0.2, 0.25) is 0 Å². The minimum atomic E-state index is -0.230. The molecule has 0 atom stereocenters.